The van der Waals surface area contributed by atoms with Crippen molar-refractivity contribution in [3.63, 3.8) is 0 Å². The van der Waals surface area contributed by atoms with Crippen molar-refractivity contribution in [3.8, 4) is 0 Å². The lowest BCUT2D eigenvalue weighted by atomic mass is 9.49. The minimum atomic E-state index is -0.265. The molecular weight excluding hydrogens is 421 g/mol. The van der Waals surface area contributed by atoms with E-state index >= 15 is 0 Å². The maximum atomic E-state index is 14.8. The molecule has 0 atom stereocenters. The van der Waals surface area contributed by atoms with Gasteiger partial charge in [-0.3, -0.25) is 4.79 Å². The lowest BCUT2D eigenvalue weighted by Crippen LogP contribution is -2.60. The Morgan fingerprint density at radius 1 is 1.21 bits per heavy atom. The van der Waals surface area contributed by atoms with E-state index in [0.717, 1.165) is 62.4 Å². The number of carbonyl (C=O) groups excluding carboxylic acids is 1. The Labute approximate surface area is 191 Å². The number of hydrogen-bond donors (Lipinski definition) is 2. The molecule has 4 aliphatic rings. The number of hydrogen-bond acceptors (Lipinski definition) is 6. The number of amides is 1. The van der Waals surface area contributed by atoms with Gasteiger partial charge in [-0.25, -0.2) is 9.37 Å². The molecule has 33 heavy (non-hydrogen) atoms. The van der Waals surface area contributed by atoms with Gasteiger partial charge in [0.25, 0.3) is 5.91 Å². The van der Waals surface area contributed by atoms with Crippen molar-refractivity contribution in [2.75, 3.05) is 50.5 Å². The number of rotatable bonds is 5. The Bertz CT molecular complexity index is 1230. The molecule has 2 aromatic heterocycles. The van der Waals surface area contributed by atoms with Crippen LogP contribution in [0.5, 0.6) is 0 Å². The average molecular weight is 450 g/mol. The molecule has 3 heterocycles. The predicted octanol–water partition coefficient (Wildman–Crippen LogP) is 2.93. The van der Waals surface area contributed by atoms with Crippen LogP contribution in [0.3, 0.4) is 0 Å². The number of anilines is 3. The zero-order chi connectivity index (χ0) is 22.7. The molecule has 172 valence electrons. The van der Waals surface area contributed by atoms with Crippen LogP contribution in [0.2, 0.25) is 0 Å². The lowest BCUT2D eigenvalue weighted by Gasteiger charge is -2.62. The molecule has 9 heteroatoms. The number of carbonyl (C=O) groups is 1. The smallest absolute Gasteiger partial charge is 0.270 e. The molecule has 4 fully saturated rings. The van der Waals surface area contributed by atoms with E-state index in [-0.39, 0.29) is 17.3 Å². The number of nitrogens with one attached hydrogen (secondary N) is 2. The van der Waals surface area contributed by atoms with Crippen molar-refractivity contribution in [1.82, 2.24) is 24.8 Å². The summed E-state index contributed by atoms with van der Waals surface area (Å²) in [4.78, 5) is 25.8. The minimum absolute atomic E-state index is 0.00387. The number of benzene rings is 1. The number of fused-ring (bicyclic) bond motifs is 1. The Hall–Kier alpha value is -3.20. The highest BCUT2D eigenvalue weighted by Gasteiger charge is 2.59. The first kappa shape index (κ1) is 20.4. The second-order valence-corrected chi connectivity index (χ2v) is 9.77. The third kappa shape index (κ3) is 3.25. The van der Waals surface area contributed by atoms with Gasteiger partial charge in [0.2, 0.25) is 5.95 Å². The maximum absolute atomic E-state index is 14.8. The van der Waals surface area contributed by atoms with Gasteiger partial charge in [0.15, 0.2) is 0 Å². The minimum Gasteiger partial charge on any atom is -0.367 e. The summed E-state index contributed by atoms with van der Waals surface area (Å²) in [7, 11) is 3.53. The SMILES string of the molecule is CN(C)C(=O)c1cc2cnc(Nc3ccc(N4CCNCC4)c(F)c3)nc2n1C12CC(C1)C2. The second kappa shape index (κ2) is 7.41. The summed E-state index contributed by atoms with van der Waals surface area (Å²) in [6.45, 7) is 3.29. The van der Waals surface area contributed by atoms with Crippen molar-refractivity contribution in [2.24, 2.45) is 5.92 Å². The van der Waals surface area contributed by atoms with Gasteiger partial charge in [0, 0.05) is 63.1 Å². The van der Waals surface area contributed by atoms with Crippen molar-refractivity contribution < 1.29 is 9.18 Å². The van der Waals surface area contributed by atoms with Crippen molar-refractivity contribution in [1.29, 1.82) is 0 Å². The van der Waals surface area contributed by atoms with Crippen LogP contribution in [-0.2, 0) is 5.54 Å². The molecule has 0 spiro atoms. The van der Waals surface area contributed by atoms with Crippen LogP contribution < -0.4 is 15.5 Å². The molecule has 1 saturated heterocycles. The number of halogens is 1. The molecule has 8 nitrogen and oxygen atoms in total. The molecule has 1 aliphatic heterocycles. The summed E-state index contributed by atoms with van der Waals surface area (Å²) in [5.74, 6) is 0.866. The molecule has 2 N–H and O–H groups in total. The van der Waals surface area contributed by atoms with Gasteiger partial charge in [0.1, 0.15) is 17.2 Å². The van der Waals surface area contributed by atoms with E-state index in [1.54, 1.807) is 31.3 Å². The fourth-order valence-corrected chi connectivity index (χ4v) is 5.50. The number of nitrogens with zero attached hydrogens (tertiary/aromatic N) is 5. The largest absolute Gasteiger partial charge is 0.367 e. The van der Waals surface area contributed by atoms with Gasteiger partial charge in [-0.1, -0.05) is 0 Å². The third-order valence-electron chi connectivity index (χ3n) is 7.31. The van der Waals surface area contributed by atoms with Crippen molar-refractivity contribution in [2.45, 2.75) is 24.8 Å². The van der Waals surface area contributed by atoms with Crippen molar-refractivity contribution >= 4 is 34.3 Å². The van der Waals surface area contributed by atoms with E-state index in [4.69, 9.17) is 4.98 Å². The lowest BCUT2D eigenvalue weighted by molar-refractivity contribution is -0.0870. The molecule has 2 bridgehead atoms. The van der Waals surface area contributed by atoms with Gasteiger partial charge < -0.3 is 25.0 Å². The third-order valence-corrected chi connectivity index (χ3v) is 7.31. The highest BCUT2D eigenvalue weighted by Crippen LogP contribution is 2.63. The highest BCUT2D eigenvalue weighted by atomic mass is 19.1. The van der Waals surface area contributed by atoms with Crippen LogP contribution in [0, 0.1) is 11.7 Å². The standard InChI is InChI=1S/C24H28FN7O/c1-30(2)22(33)20-9-16-14-27-23(29-21(16)32(20)24-11-15(12-24)13-24)28-17-3-4-19(18(25)10-17)31-7-5-26-6-8-31/h3-4,9-10,14-15,26H,5-8,11-13H2,1-2H3,(H,27,28,29). The Morgan fingerprint density at radius 3 is 2.61 bits per heavy atom. The zero-order valence-electron chi connectivity index (χ0n) is 18.9. The topological polar surface area (TPSA) is 78.3 Å². The summed E-state index contributed by atoms with van der Waals surface area (Å²) >= 11 is 0. The Kier molecular flexibility index (Phi) is 4.58. The Balaban J connectivity index is 1.33. The van der Waals surface area contributed by atoms with Crippen LogP contribution in [0.1, 0.15) is 29.8 Å². The van der Waals surface area contributed by atoms with Crippen molar-refractivity contribution in [3.05, 3.63) is 42.0 Å². The van der Waals surface area contributed by atoms with Gasteiger partial charge in [-0.05, 0) is 49.4 Å². The van der Waals surface area contributed by atoms with E-state index in [1.807, 2.05) is 12.1 Å². The van der Waals surface area contributed by atoms with Crippen LogP contribution in [0.15, 0.2) is 30.5 Å². The van der Waals surface area contributed by atoms with Gasteiger partial charge in [-0.2, -0.15) is 4.98 Å². The maximum Gasteiger partial charge on any atom is 0.270 e. The van der Waals surface area contributed by atoms with Crippen LogP contribution in [0.4, 0.5) is 21.7 Å². The average Bonchev–Trinajstić information content (AvgIpc) is 3.10. The molecule has 3 saturated carbocycles. The summed E-state index contributed by atoms with van der Waals surface area (Å²) in [6.07, 6.45) is 5.02. The van der Waals surface area contributed by atoms with Crippen LogP contribution >= 0.6 is 0 Å². The first-order valence-electron chi connectivity index (χ1n) is 11.6. The number of aromatic nitrogens is 3. The van der Waals surface area contributed by atoms with Gasteiger partial charge >= 0.3 is 0 Å². The normalized spacial score (nSPS) is 23.7. The molecule has 3 aliphatic carbocycles. The molecule has 7 rings (SSSR count). The molecule has 0 unspecified atom stereocenters. The van der Waals surface area contributed by atoms with Crippen LogP contribution in [-0.4, -0.2) is 65.6 Å². The molecule has 3 aromatic rings. The second-order valence-electron chi connectivity index (χ2n) is 9.77. The zero-order valence-corrected chi connectivity index (χ0v) is 18.9. The fraction of sp³-hybridized carbons (Fsp3) is 0.458. The predicted molar refractivity (Wildman–Crippen MR) is 126 cm³/mol. The van der Waals surface area contributed by atoms with E-state index in [1.165, 1.54) is 6.07 Å². The summed E-state index contributed by atoms with van der Waals surface area (Å²) in [6, 6.07) is 7.05. The van der Waals surface area contributed by atoms with E-state index in [9.17, 15) is 9.18 Å². The van der Waals surface area contributed by atoms with E-state index in [0.29, 0.717) is 23.0 Å². The van der Waals surface area contributed by atoms with Gasteiger partial charge in [-0.15, -0.1) is 0 Å². The first-order chi connectivity index (χ1) is 15.9. The first-order valence-corrected chi connectivity index (χ1v) is 11.6. The summed E-state index contributed by atoms with van der Waals surface area (Å²) in [5.41, 5.74) is 2.62. The molecule has 0 radical (unpaired) electrons. The highest BCUT2D eigenvalue weighted by molar-refractivity contribution is 5.98. The number of piperazine rings is 1. The quantitative estimate of drug-likeness (QED) is 0.624. The molecule has 1 amide bonds. The molecule has 1 aromatic carbocycles. The van der Waals surface area contributed by atoms with Crippen LogP contribution in [0.25, 0.3) is 11.0 Å². The van der Waals surface area contributed by atoms with E-state index in [2.05, 4.69) is 25.1 Å². The summed E-state index contributed by atoms with van der Waals surface area (Å²) < 4.78 is 17.0. The van der Waals surface area contributed by atoms with E-state index < -0.39 is 0 Å². The van der Waals surface area contributed by atoms with Gasteiger partial charge in [0.05, 0.1) is 5.69 Å². The molecular formula is C24H28FN7O. The fourth-order valence-electron chi connectivity index (χ4n) is 5.50. The monoisotopic (exact) mass is 449 g/mol. The Morgan fingerprint density at radius 2 is 1.97 bits per heavy atom. The summed E-state index contributed by atoms with van der Waals surface area (Å²) in [5, 5.41) is 7.28.